The molecule has 1 atom stereocenters. The van der Waals surface area contributed by atoms with Crippen LogP contribution in [0.2, 0.25) is 0 Å². The zero-order chi connectivity index (χ0) is 15.4. The van der Waals surface area contributed by atoms with Gasteiger partial charge in [0.05, 0.1) is 16.7 Å². The third-order valence-electron chi connectivity index (χ3n) is 2.68. The molecule has 0 spiro atoms. The number of aromatic nitrogens is 2. The van der Waals surface area contributed by atoms with Crippen molar-refractivity contribution in [2.45, 2.75) is 13.0 Å². The van der Waals surface area contributed by atoms with Crippen LogP contribution in [0.4, 0.5) is 5.69 Å². The average Bonchev–Trinajstić information content (AvgIpc) is 2.94. The molecule has 0 radical (unpaired) electrons. The van der Waals surface area contributed by atoms with Crippen LogP contribution in [0.3, 0.4) is 0 Å². The zero-order valence-corrected chi connectivity index (χ0v) is 11.3. The van der Waals surface area contributed by atoms with Crippen molar-refractivity contribution in [3.05, 3.63) is 52.3 Å². The van der Waals surface area contributed by atoms with Gasteiger partial charge >= 0.3 is 0 Å². The third kappa shape index (κ3) is 3.63. The maximum atomic E-state index is 11.8. The van der Waals surface area contributed by atoms with Gasteiger partial charge in [-0.2, -0.15) is 5.10 Å². The lowest BCUT2D eigenvalue weighted by Gasteiger charge is -2.05. The number of aliphatic hydroxyl groups is 1. The number of rotatable bonds is 5. The van der Waals surface area contributed by atoms with E-state index < -0.39 is 16.9 Å². The molecule has 0 fully saturated rings. The van der Waals surface area contributed by atoms with Crippen molar-refractivity contribution >= 4 is 11.6 Å². The van der Waals surface area contributed by atoms with Gasteiger partial charge in [0, 0.05) is 24.9 Å². The summed E-state index contributed by atoms with van der Waals surface area (Å²) in [6.07, 6.45) is 0.892. The van der Waals surface area contributed by atoms with Crippen molar-refractivity contribution in [1.29, 1.82) is 0 Å². The number of non-ortho nitro benzene ring substituents is 1. The van der Waals surface area contributed by atoms with Crippen LogP contribution < -0.4 is 5.32 Å². The van der Waals surface area contributed by atoms with Gasteiger partial charge in [-0.3, -0.25) is 14.9 Å². The van der Waals surface area contributed by atoms with Gasteiger partial charge in [0.2, 0.25) is 0 Å². The molecule has 110 valence electrons. The summed E-state index contributed by atoms with van der Waals surface area (Å²) in [4.78, 5) is 22.0. The quantitative estimate of drug-likeness (QED) is 0.627. The Morgan fingerprint density at radius 1 is 1.52 bits per heavy atom. The third-order valence-corrected chi connectivity index (χ3v) is 2.68. The van der Waals surface area contributed by atoms with Crippen molar-refractivity contribution in [1.82, 2.24) is 15.1 Å². The number of carbonyl (C=O) groups excluding carboxylic acids is 1. The summed E-state index contributed by atoms with van der Waals surface area (Å²) in [7, 11) is 0. The van der Waals surface area contributed by atoms with E-state index in [4.69, 9.17) is 5.11 Å². The molecular weight excluding hydrogens is 276 g/mol. The molecule has 0 aliphatic rings. The molecule has 1 aromatic carbocycles. The minimum atomic E-state index is -0.646. The van der Waals surface area contributed by atoms with Crippen LogP contribution in [-0.2, 0) is 0 Å². The fourth-order valence-electron chi connectivity index (χ4n) is 1.67. The molecule has 8 nitrogen and oxygen atoms in total. The van der Waals surface area contributed by atoms with Crippen molar-refractivity contribution < 1.29 is 14.8 Å². The highest BCUT2D eigenvalue weighted by Crippen LogP contribution is 2.16. The van der Waals surface area contributed by atoms with Gasteiger partial charge in [0.15, 0.2) is 5.69 Å². The summed E-state index contributed by atoms with van der Waals surface area (Å²) in [5, 5.41) is 26.4. The van der Waals surface area contributed by atoms with Crippen LogP contribution in [0.5, 0.6) is 0 Å². The molecule has 0 bridgehead atoms. The Balaban J connectivity index is 2.18. The molecular formula is C13H14N4O4. The predicted octanol–water partition coefficient (Wildman–Crippen LogP) is 0.891. The Morgan fingerprint density at radius 3 is 2.95 bits per heavy atom. The fourth-order valence-corrected chi connectivity index (χ4v) is 1.67. The summed E-state index contributed by atoms with van der Waals surface area (Å²) < 4.78 is 1.38. The standard InChI is InChI=1S/C13H14N4O4/c1-9(18)8-14-13(19)12-5-6-16(15-12)10-3-2-4-11(7-10)17(20)21/h2-7,9,18H,8H2,1H3,(H,14,19). The normalized spacial score (nSPS) is 11.9. The predicted molar refractivity (Wildman–Crippen MR) is 74.2 cm³/mol. The first-order chi connectivity index (χ1) is 9.97. The van der Waals surface area contributed by atoms with Crippen LogP contribution >= 0.6 is 0 Å². The number of nitrogens with one attached hydrogen (secondary N) is 1. The van der Waals surface area contributed by atoms with Crippen LogP contribution in [0.25, 0.3) is 5.69 Å². The van der Waals surface area contributed by atoms with Gasteiger partial charge in [-0.15, -0.1) is 0 Å². The van der Waals surface area contributed by atoms with E-state index in [0.29, 0.717) is 5.69 Å². The summed E-state index contributed by atoms with van der Waals surface area (Å²) in [5.74, 6) is -0.417. The number of nitrogens with zero attached hydrogens (tertiary/aromatic N) is 3. The van der Waals surface area contributed by atoms with E-state index in [1.807, 2.05) is 0 Å². The molecule has 1 heterocycles. The van der Waals surface area contributed by atoms with Gasteiger partial charge in [-0.1, -0.05) is 6.07 Å². The zero-order valence-electron chi connectivity index (χ0n) is 11.3. The average molecular weight is 290 g/mol. The number of hydrogen-bond donors (Lipinski definition) is 2. The second kappa shape index (κ2) is 6.14. The summed E-state index contributed by atoms with van der Waals surface area (Å²) in [6.45, 7) is 1.69. The van der Waals surface area contributed by atoms with Crippen molar-refractivity contribution in [2.24, 2.45) is 0 Å². The molecule has 2 rings (SSSR count). The van der Waals surface area contributed by atoms with Crippen molar-refractivity contribution in [3.63, 3.8) is 0 Å². The first kappa shape index (κ1) is 14.7. The monoisotopic (exact) mass is 290 g/mol. The van der Waals surface area contributed by atoms with Crippen LogP contribution in [-0.4, -0.2) is 38.4 Å². The maximum Gasteiger partial charge on any atom is 0.271 e. The Kier molecular flexibility index (Phi) is 4.29. The first-order valence-electron chi connectivity index (χ1n) is 6.24. The fraction of sp³-hybridized carbons (Fsp3) is 0.231. The highest BCUT2D eigenvalue weighted by molar-refractivity contribution is 5.92. The van der Waals surface area contributed by atoms with Crippen LogP contribution in [0.15, 0.2) is 36.5 Å². The molecule has 8 heteroatoms. The van der Waals surface area contributed by atoms with E-state index in [1.165, 1.54) is 29.1 Å². The van der Waals surface area contributed by atoms with Gasteiger partial charge < -0.3 is 10.4 Å². The van der Waals surface area contributed by atoms with Gasteiger partial charge in [-0.05, 0) is 19.1 Å². The van der Waals surface area contributed by atoms with Gasteiger partial charge in [-0.25, -0.2) is 4.68 Å². The Labute approximate surface area is 120 Å². The second-order valence-electron chi connectivity index (χ2n) is 4.48. The maximum absolute atomic E-state index is 11.8. The van der Waals surface area contributed by atoms with Crippen molar-refractivity contribution in [2.75, 3.05) is 6.54 Å². The number of nitro benzene ring substituents is 1. The number of hydrogen-bond acceptors (Lipinski definition) is 5. The molecule has 0 saturated heterocycles. The van der Waals surface area contributed by atoms with E-state index in [0.717, 1.165) is 0 Å². The molecule has 1 aromatic heterocycles. The second-order valence-corrected chi connectivity index (χ2v) is 4.48. The Hall–Kier alpha value is -2.74. The van der Waals surface area contributed by atoms with Gasteiger partial charge in [0.25, 0.3) is 11.6 Å². The van der Waals surface area contributed by atoms with Crippen molar-refractivity contribution in [3.8, 4) is 5.69 Å². The Bertz CT molecular complexity index is 666. The lowest BCUT2D eigenvalue weighted by atomic mass is 10.3. The lowest BCUT2D eigenvalue weighted by molar-refractivity contribution is -0.384. The molecule has 0 aliphatic heterocycles. The smallest absolute Gasteiger partial charge is 0.271 e. The molecule has 0 aliphatic carbocycles. The summed E-state index contributed by atoms with van der Waals surface area (Å²) in [6, 6.07) is 7.43. The molecule has 1 unspecified atom stereocenters. The lowest BCUT2D eigenvalue weighted by Crippen LogP contribution is -2.30. The molecule has 1 amide bonds. The number of aliphatic hydroxyl groups excluding tert-OH is 1. The van der Waals surface area contributed by atoms with Gasteiger partial charge in [0.1, 0.15) is 0 Å². The Morgan fingerprint density at radius 2 is 2.29 bits per heavy atom. The highest BCUT2D eigenvalue weighted by Gasteiger charge is 2.12. The SMILES string of the molecule is CC(O)CNC(=O)c1ccn(-c2cccc([N+](=O)[O-])c2)n1. The molecule has 2 aromatic rings. The number of carbonyl (C=O) groups is 1. The number of benzene rings is 1. The summed E-state index contributed by atoms with van der Waals surface area (Å²) >= 11 is 0. The minimum Gasteiger partial charge on any atom is -0.392 e. The van der Waals surface area contributed by atoms with E-state index in [9.17, 15) is 14.9 Å². The van der Waals surface area contributed by atoms with Crippen LogP contribution in [0.1, 0.15) is 17.4 Å². The number of nitro groups is 1. The van der Waals surface area contributed by atoms with E-state index in [-0.39, 0.29) is 17.9 Å². The van der Waals surface area contributed by atoms with E-state index in [1.54, 1.807) is 19.1 Å². The summed E-state index contributed by atoms with van der Waals surface area (Å²) in [5.41, 5.74) is 0.601. The molecule has 21 heavy (non-hydrogen) atoms. The first-order valence-corrected chi connectivity index (χ1v) is 6.24. The molecule has 2 N–H and O–H groups in total. The van der Waals surface area contributed by atoms with E-state index >= 15 is 0 Å². The molecule has 0 saturated carbocycles. The van der Waals surface area contributed by atoms with Crippen LogP contribution in [0, 0.1) is 10.1 Å². The highest BCUT2D eigenvalue weighted by atomic mass is 16.6. The number of amides is 1. The van der Waals surface area contributed by atoms with E-state index in [2.05, 4.69) is 10.4 Å². The largest absolute Gasteiger partial charge is 0.392 e. The topological polar surface area (TPSA) is 110 Å². The minimum absolute atomic E-state index is 0.0527.